The van der Waals surface area contributed by atoms with E-state index >= 15 is 0 Å². The van der Waals surface area contributed by atoms with Gasteiger partial charge in [-0.15, -0.1) is 0 Å². The molecule has 0 saturated heterocycles. The Morgan fingerprint density at radius 1 is 1.00 bits per heavy atom. The van der Waals surface area contributed by atoms with Gasteiger partial charge in [0.1, 0.15) is 17.2 Å². The zero-order chi connectivity index (χ0) is 17.2. The number of nitrogens with zero attached hydrogens (tertiary/aromatic N) is 1. The Hall–Kier alpha value is -3.34. The summed E-state index contributed by atoms with van der Waals surface area (Å²) in [6.45, 7) is 0.217. The number of hydrogen-bond donors (Lipinski definition) is 0. The van der Waals surface area contributed by atoms with Crippen LogP contribution in [0.2, 0.25) is 0 Å². The summed E-state index contributed by atoms with van der Waals surface area (Å²) in [6.07, 6.45) is 1.55. The molecule has 4 rings (SSSR count). The van der Waals surface area contributed by atoms with E-state index in [9.17, 15) is 9.18 Å². The van der Waals surface area contributed by atoms with Crippen LogP contribution >= 0.6 is 0 Å². The third kappa shape index (κ3) is 3.04. The van der Waals surface area contributed by atoms with Crippen LogP contribution in [0.15, 0.2) is 81.8 Å². The molecule has 4 aromatic rings. The lowest BCUT2D eigenvalue weighted by atomic mass is 10.2. The molecular weight excluding hydrogens is 321 g/mol. The maximum atomic E-state index is 13.3. The Labute approximate surface area is 143 Å². The second-order valence-electron chi connectivity index (χ2n) is 5.60. The van der Waals surface area contributed by atoms with E-state index in [2.05, 4.69) is 0 Å². The predicted molar refractivity (Wildman–Crippen MR) is 91.8 cm³/mol. The number of amides is 1. The molecule has 0 aliphatic heterocycles. The molecule has 0 fully saturated rings. The van der Waals surface area contributed by atoms with Crippen molar-refractivity contribution in [2.24, 2.45) is 0 Å². The average molecular weight is 335 g/mol. The van der Waals surface area contributed by atoms with Crippen LogP contribution in [0.5, 0.6) is 0 Å². The Kier molecular flexibility index (Phi) is 3.82. The summed E-state index contributed by atoms with van der Waals surface area (Å²) in [5.41, 5.74) is 1.20. The van der Waals surface area contributed by atoms with Gasteiger partial charge in [0.2, 0.25) is 0 Å². The molecule has 5 heteroatoms. The maximum Gasteiger partial charge on any atom is 0.294 e. The Balaban J connectivity index is 1.73. The van der Waals surface area contributed by atoms with Crippen LogP contribution in [0.3, 0.4) is 0 Å². The monoisotopic (exact) mass is 335 g/mol. The van der Waals surface area contributed by atoms with Crippen LogP contribution in [-0.2, 0) is 6.54 Å². The molecule has 0 aliphatic carbocycles. The zero-order valence-corrected chi connectivity index (χ0v) is 13.2. The van der Waals surface area contributed by atoms with Gasteiger partial charge < -0.3 is 8.83 Å². The smallest absolute Gasteiger partial charge is 0.294 e. The SMILES string of the molecule is O=C(c1cc2ccccc2o1)N(Cc1ccco1)c1ccc(F)cc1. The average Bonchev–Trinajstić information content (AvgIpc) is 3.29. The van der Waals surface area contributed by atoms with Gasteiger partial charge in [-0.2, -0.15) is 0 Å². The number of carbonyl (C=O) groups is 1. The molecule has 0 N–H and O–H groups in total. The molecule has 2 heterocycles. The van der Waals surface area contributed by atoms with Crippen LogP contribution in [0.25, 0.3) is 11.0 Å². The molecule has 2 aromatic carbocycles. The molecular formula is C20H14FNO3. The van der Waals surface area contributed by atoms with Crippen molar-refractivity contribution < 1.29 is 18.0 Å². The van der Waals surface area contributed by atoms with Gasteiger partial charge in [0.05, 0.1) is 12.8 Å². The van der Waals surface area contributed by atoms with Crippen LogP contribution in [-0.4, -0.2) is 5.91 Å². The normalized spacial score (nSPS) is 10.9. The number of rotatable bonds is 4. The van der Waals surface area contributed by atoms with Crippen molar-refractivity contribution in [2.45, 2.75) is 6.54 Å². The van der Waals surface area contributed by atoms with E-state index in [0.29, 0.717) is 17.0 Å². The molecule has 4 nitrogen and oxygen atoms in total. The second-order valence-corrected chi connectivity index (χ2v) is 5.60. The van der Waals surface area contributed by atoms with Crippen LogP contribution in [0, 0.1) is 5.82 Å². The number of fused-ring (bicyclic) bond motifs is 1. The van der Waals surface area contributed by atoms with Gasteiger partial charge in [0.25, 0.3) is 5.91 Å². The Bertz CT molecular complexity index is 970. The first-order chi connectivity index (χ1) is 12.2. The summed E-state index contributed by atoms with van der Waals surface area (Å²) in [5, 5.41) is 0.850. The van der Waals surface area contributed by atoms with Gasteiger partial charge in [0.15, 0.2) is 5.76 Å². The van der Waals surface area contributed by atoms with Gasteiger partial charge in [-0.05, 0) is 48.5 Å². The van der Waals surface area contributed by atoms with E-state index in [0.717, 1.165) is 5.39 Å². The third-order valence-electron chi connectivity index (χ3n) is 3.91. The number of halogens is 1. The Morgan fingerprint density at radius 2 is 1.80 bits per heavy atom. The predicted octanol–water partition coefficient (Wildman–Crippen LogP) is 5.01. The summed E-state index contributed by atoms with van der Waals surface area (Å²) in [6, 6.07) is 18.4. The van der Waals surface area contributed by atoms with Crippen molar-refractivity contribution in [3.05, 3.63) is 90.3 Å². The van der Waals surface area contributed by atoms with E-state index < -0.39 is 0 Å². The maximum absolute atomic E-state index is 13.3. The van der Waals surface area contributed by atoms with E-state index in [1.807, 2.05) is 18.2 Å². The highest BCUT2D eigenvalue weighted by molar-refractivity contribution is 6.06. The number of benzene rings is 2. The number of para-hydroxylation sites is 1. The van der Waals surface area contributed by atoms with Gasteiger partial charge in [0, 0.05) is 11.1 Å². The number of hydrogen-bond acceptors (Lipinski definition) is 3. The molecule has 25 heavy (non-hydrogen) atoms. The molecule has 0 radical (unpaired) electrons. The van der Waals surface area contributed by atoms with Crippen molar-refractivity contribution in [1.29, 1.82) is 0 Å². The first-order valence-electron chi connectivity index (χ1n) is 7.79. The van der Waals surface area contributed by atoms with Gasteiger partial charge in [-0.1, -0.05) is 18.2 Å². The standard InChI is InChI=1S/C20H14FNO3/c21-15-7-9-16(10-8-15)22(13-17-5-3-11-24-17)20(23)19-12-14-4-1-2-6-18(14)25-19/h1-12H,13H2. The molecule has 1 amide bonds. The number of carbonyl (C=O) groups excluding carboxylic acids is 1. The number of anilines is 1. The highest BCUT2D eigenvalue weighted by atomic mass is 19.1. The molecule has 0 spiro atoms. The fourth-order valence-corrected chi connectivity index (χ4v) is 2.68. The van der Waals surface area contributed by atoms with Crippen molar-refractivity contribution in [1.82, 2.24) is 0 Å². The lowest BCUT2D eigenvalue weighted by molar-refractivity contribution is 0.0958. The summed E-state index contributed by atoms with van der Waals surface area (Å²) < 4.78 is 24.3. The summed E-state index contributed by atoms with van der Waals surface area (Å²) >= 11 is 0. The fourth-order valence-electron chi connectivity index (χ4n) is 2.68. The third-order valence-corrected chi connectivity index (χ3v) is 3.91. The van der Waals surface area contributed by atoms with Crippen molar-refractivity contribution in [2.75, 3.05) is 4.90 Å². The van der Waals surface area contributed by atoms with Crippen molar-refractivity contribution in [3.8, 4) is 0 Å². The van der Waals surface area contributed by atoms with Crippen LogP contribution in [0.4, 0.5) is 10.1 Å². The molecule has 0 atom stereocenters. The molecule has 124 valence electrons. The first kappa shape index (κ1) is 15.2. The largest absolute Gasteiger partial charge is 0.467 e. The van der Waals surface area contributed by atoms with E-state index in [1.165, 1.54) is 17.0 Å². The van der Waals surface area contributed by atoms with E-state index in [-0.39, 0.29) is 24.0 Å². The minimum Gasteiger partial charge on any atom is -0.467 e. The topological polar surface area (TPSA) is 46.6 Å². The quantitative estimate of drug-likeness (QED) is 0.526. The second kappa shape index (κ2) is 6.28. The van der Waals surface area contributed by atoms with Gasteiger partial charge in [-0.25, -0.2) is 4.39 Å². The highest BCUT2D eigenvalue weighted by Gasteiger charge is 2.22. The molecule has 0 bridgehead atoms. The minimum absolute atomic E-state index is 0.217. The minimum atomic E-state index is -0.363. The lowest BCUT2D eigenvalue weighted by Gasteiger charge is -2.20. The van der Waals surface area contributed by atoms with E-state index in [1.54, 1.807) is 42.7 Å². The molecule has 0 saturated carbocycles. The van der Waals surface area contributed by atoms with Crippen molar-refractivity contribution in [3.63, 3.8) is 0 Å². The van der Waals surface area contributed by atoms with Crippen LogP contribution in [0.1, 0.15) is 16.3 Å². The summed E-state index contributed by atoms with van der Waals surface area (Å²) in [4.78, 5) is 14.5. The van der Waals surface area contributed by atoms with Crippen molar-refractivity contribution >= 4 is 22.6 Å². The lowest BCUT2D eigenvalue weighted by Crippen LogP contribution is -2.30. The molecule has 2 aromatic heterocycles. The summed E-state index contributed by atoms with van der Waals surface area (Å²) in [7, 11) is 0. The fraction of sp³-hybridized carbons (Fsp3) is 0.0500. The summed E-state index contributed by atoms with van der Waals surface area (Å²) in [5.74, 6) is 0.156. The van der Waals surface area contributed by atoms with E-state index in [4.69, 9.17) is 8.83 Å². The van der Waals surface area contributed by atoms with Gasteiger partial charge >= 0.3 is 0 Å². The Morgan fingerprint density at radius 3 is 2.52 bits per heavy atom. The molecule has 0 aliphatic rings. The first-order valence-corrected chi connectivity index (χ1v) is 7.79. The van der Waals surface area contributed by atoms with Crippen LogP contribution < -0.4 is 4.90 Å². The van der Waals surface area contributed by atoms with Gasteiger partial charge in [-0.3, -0.25) is 9.69 Å². The highest BCUT2D eigenvalue weighted by Crippen LogP contribution is 2.25. The zero-order valence-electron chi connectivity index (χ0n) is 13.2. The molecule has 0 unspecified atom stereocenters. The number of furan rings is 2.